The molecule has 13 heteroatoms. The maximum absolute atomic E-state index is 13.0. The largest absolute Gasteiger partial charge is 0.497 e. The minimum atomic E-state index is -5.97. The molecular weight excluding hydrogens is 478 g/mol. The third-order valence-corrected chi connectivity index (χ3v) is 7.28. The zero-order valence-electron chi connectivity index (χ0n) is 17.2. The van der Waals surface area contributed by atoms with E-state index in [9.17, 15) is 39.9 Å². The van der Waals surface area contributed by atoms with Crippen molar-refractivity contribution in [3.05, 3.63) is 54.1 Å². The first kappa shape index (κ1) is 25.1. The van der Waals surface area contributed by atoms with Crippen LogP contribution < -0.4 is 9.64 Å². The van der Waals surface area contributed by atoms with E-state index >= 15 is 0 Å². The van der Waals surface area contributed by atoms with Crippen molar-refractivity contribution in [2.24, 2.45) is 0 Å². The van der Waals surface area contributed by atoms with Gasteiger partial charge >= 0.3 is 12.4 Å². The molecule has 1 fully saturated rings. The summed E-state index contributed by atoms with van der Waals surface area (Å²) in [7, 11) is -2.41. The molecule has 0 bridgehead atoms. The number of benzene rings is 2. The molecule has 182 valence electrons. The fourth-order valence-corrected chi connectivity index (χ4v) is 4.96. The van der Waals surface area contributed by atoms with Crippen molar-refractivity contribution in [1.29, 1.82) is 0 Å². The number of hydrogen-bond acceptors (Lipinski definition) is 5. The van der Waals surface area contributed by atoms with Crippen LogP contribution in [0.15, 0.2) is 53.4 Å². The maximum Gasteiger partial charge on any atom is 0.430 e. The number of methoxy groups -OCH3 is 1. The van der Waals surface area contributed by atoms with Gasteiger partial charge in [0.2, 0.25) is 10.0 Å². The Labute approximate surface area is 186 Å². The van der Waals surface area contributed by atoms with Crippen LogP contribution in [0.2, 0.25) is 0 Å². The number of sulfonamides is 1. The number of anilines is 1. The van der Waals surface area contributed by atoms with E-state index in [0.717, 1.165) is 12.1 Å². The van der Waals surface area contributed by atoms with E-state index in [1.807, 2.05) is 0 Å². The van der Waals surface area contributed by atoms with E-state index < -0.39 is 33.5 Å². The quantitative estimate of drug-likeness (QED) is 0.639. The Bertz CT molecular complexity index is 1060. The van der Waals surface area contributed by atoms with Gasteiger partial charge in [-0.15, -0.1) is 0 Å². The molecule has 33 heavy (non-hydrogen) atoms. The average molecular weight is 498 g/mol. The molecule has 6 nitrogen and oxygen atoms in total. The van der Waals surface area contributed by atoms with E-state index in [2.05, 4.69) is 0 Å². The number of alkyl halides is 6. The minimum absolute atomic E-state index is 0.0400. The Morgan fingerprint density at radius 1 is 0.879 bits per heavy atom. The summed E-state index contributed by atoms with van der Waals surface area (Å²) in [6, 6.07) is 9.12. The summed E-state index contributed by atoms with van der Waals surface area (Å²) in [4.78, 5) is 1.67. The van der Waals surface area contributed by atoms with Crippen molar-refractivity contribution in [2.45, 2.75) is 22.8 Å². The average Bonchev–Trinajstić information content (AvgIpc) is 2.77. The lowest BCUT2D eigenvalue weighted by molar-refractivity contribution is -0.376. The molecule has 0 saturated carbocycles. The molecule has 2 aromatic carbocycles. The fraction of sp³-hybridized carbons (Fsp3) is 0.400. The van der Waals surface area contributed by atoms with Crippen molar-refractivity contribution in [3.63, 3.8) is 0 Å². The molecule has 1 heterocycles. The molecule has 1 aliphatic heterocycles. The smallest absolute Gasteiger partial charge is 0.430 e. The molecule has 0 spiro atoms. The molecule has 1 saturated heterocycles. The third-order valence-electron chi connectivity index (χ3n) is 5.39. The predicted octanol–water partition coefficient (Wildman–Crippen LogP) is 3.52. The number of hydrogen-bond donors (Lipinski definition) is 1. The van der Waals surface area contributed by atoms with Crippen LogP contribution in [0.5, 0.6) is 5.75 Å². The van der Waals surface area contributed by atoms with Gasteiger partial charge in [0.15, 0.2) is 0 Å². The molecule has 0 radical (unpaired) electrons. The van der Waals surface area contributed by atoms with E-state index in [-0.39, 0.29) is 31.1 Å². The summed E-state index contributed by atoms with van der Waals surface area (Å²) in [5.74, 6) is 0.368. The van der Waals surface area contributed by atoms with Crippen LogP contribution in [0.4, 0.5) is 32.0 Å². The zero-order chi connectivity index (χ0) is 24.7. The van der Waals surface area contributed by atoms with Gasteiger partial charge in [0.05, 0.1) is 12.0 Å². The van der Waals surface area contributed by atoms with E-state index in [1.165, 1.54) is 29.6 Å². The number of halogens is 6. The number of piperazine rings is 1. The SMILES string of the molecule is COc1cccc(S(=O)(=O)N2CCN(c3ccc(C(O)(C(F)(F)F)C(F)(F)F)cc3)CC2)c1. The normalized spacial score (nSPS) is 16.7. The van der Waals surface area contributed by atoms with E-state index in [4.69, 9.17) is 4.74 Å². The number of nitrogens with zero attached hydrogens (tertiary/aromatic N) is 2. The third kappa shape index (κ3) is 4.62. The number of rotatable bonds is 5. The zero-order valence-corrected chi connectivity index (χ0v) is 18.0. The Kier molecular flexibility index (Phi) is 6.61. The van der Waals surface area contributed by atoms with Gasteiger partial charge in [0.1, 0.15) is 5.75 Å². The predicted molar refractivity (Wildman–Crippen MR) is 106 cm³/mol. The van der Waals surface area contributed by atoms with Crippen LogP contribution in [0.1, 0.15) is 5.56 Å². The van der Waals surface area contributed by atoms with Crippen LogP contribution in [0.3, 0.4) is 0 Å². The molecule has 0 unspecified atom stereocenters. The molecule has 2 aromatic rings. The lowest BCUT2D eigenvalue weighted by atomic mass is 9.92. The Morgan fingerprint density at radius 2 is 1.42 bits per heavy atom. The summed E-state index contributed by atoms with van der Waals surface area (Å²) >= 11 is 0. The second-order valence-electron chi connectivity index (χ2n) is 7.32. The van der Waals surface area contributed by atoms with Crippen molar-refractivity contribution in [2.75, 3.05) is 38.2 Å². The van der Waals surface area contributed by atoms with E-state index in [0.29, 0.717) is 23.6 Å². The second-order valence-corrected chi connectivity index (χ2v) is 9.26. The van der Waals surface area contributed by atoms with Crippen molar-refractivity contribution in [1.82, 2.24) is 4.31 Å². The second kappa shape index (κ2) is 8.69. The first-order valence-electron chi connectivity index (χ1n) is 9.57. The van der Waals surface area contributed by atoms with Gasteiger partial charge in [0, 0.05) is 43.5 Å². The first-order valence-corrected chi connectivity index (χ1v) is 11.0. The van der Waals surface area contributed by atoms with Crippen LogP contribution >= 0.6 is 0 Å². The highest BCUT2D eigenvalue weighted by molar-refractivity contribution is 7.89. The Morgan fingerprint density at radius 3 is 1.91 bits per heavy atom. The van der Waals surface area contributed by atoms with Crippen molar-refractivity contribution < 1.29 is 44.6 Å². The highest BCUT2D eigenvalue weighted by atomic mass is 32.2. The Balaban J connectivity index is 1.75. The lowest BCUT2D eigenvalue weighted by Gasteiger charge is -2.36. The molecule has 1 N–H and O–H groups in total. The summed E-state index contributed by atoms with van der Waals surface area (Å²) < 4.78 is 110. The van der Waals surface area contributed by atoms with Gasteiger partial charge in [0.25, 0.3) is 5.60 Å². The molecule has 3 rings (SSSR count). The number of aliphatic hydroxyl groups is 1. The maximum atomic E-state index is 13.0. The van der Waals surface area contributed by atoms with Gasteiger partial charge < -0.3 is 14.7 Å². The topological polar surface area (TPSA) is 70.1 Å². The highest BCUT2D eigenvalue weighted by Gasteiger charge is 2.71. The summed E-state index contributed by atoms with van der Waals surface area (Å²) in [5.41, 5.74) is -6.06. The van der Waals surface area contributed by atoms with Gasteiger partial charge in [-0.25, -0.2) is 8.42 Å². The van der Waals surface area contributed by atoms with E-state index in [1.54, 1.807) is 11.0 Å². The summed E-state index contributed by atoms with van der Waals surface area (Å²) in [6.07, 6.45) is -11.9. The van der Waals surface area contributed by atoms with Gasteiger partial charge in [-0.2, -0.15) is 30.6 Å². The first-order chi connectivity index (χ1) is 15.2. The van der Waals surface area contributed by atoms with Crippen molar-refractivity contribution >= 4 is 15.7 Å². The number of ether oxygens (including phenoxy) is 1. The Hall–Kier alpha value is -2.51. The summed E-state index contributed by atoms with van der Waals surface area (Å²) in [5, 5.41) is 9.48. The van der Waals surface area contributed by atoms with Crippen LogP contribution in [-0.2, 0) is 15.6 Å². The molecular formula is C20H20F6N2O4S. The molecule has 0 aliphatic carbocycles. The summed E-state index contributed by atoms with van der Waals surface area (Å²) in [6.45, 7) is 0.420. The standard InChI is InChI=1S/C20H20F6N2O4S/c1-32-16-3-2-4-17(13-16)33(30,31)28-11-9-27(10-12-28)15-7-5-14(6-8-15)18(29,19(21,22)23)20(24,25)26/h2-8,13,29H,9-12H2,1H3. The fourth-order valence-electron chi connectivity index (χ4n) is 3.50. The minimum Gasteiger partial charge on any atom is -0.497 e. The monoisotopic (exact) mass is 498 g/mol. The van der Waals surface area contributed by atoms with Gasteiger partial charge in [-0.3, -0.25) is 0 Å². The van der Waals surface area contributed by atoms with Gasteiger partial charge in [-0.05, 0) is 24.3 Å². The molecule has 0 amide bonds. The van der Waals surface area contributed by atoms with Crippen LogP contribution in [0, 0.1) is 0 Å². The van der Waals surface area contributed by atoms with Crippen LogP contribution in [-0.4, -0.2) is 63.5 Å². The van der Waals surface area contributed by atoms with Gasteiger partial charge in [-0.1, -0.05) is 18.2 Å². The van der Waals surface area contributed by atoms with Crippen LogP contribution in [0.25, 0.3) is 0 Å². The molecule has 0 atom stereocenters. The highest BCUT2D eigenvalue weighted by Crippen LogP contribution is 2.50. The molecule has 0 aromatic heterocycles. The molecule has 1 aliphatic rings. The van der Waals surface area contributed by atoms with Crippen molar-refractivity contribution in [3.8, 4) is 5.75 Å². The lowest BCUT2D eigenvalue weighted by Crippen LogP contribution is -2.54.